The second kappa shape index (κ2) is 5.46. The normalized spacial score (nSPS) is 19.4. The molecule has 0 nitrogen and oxygen atoms in total. The molecule has 0 bridgehead atoms. The fourth-order valence-corrected chi connectivity index (χ4v) is 3.58. The van der Waals surface area contributed by atoms with Crippen molar-refractivity contribution < 1.29 is 0 Å². The SMILES string of the molecule is CC(CCl)(CCSc1ccccc1)C1CC1. The molecule has 0 aliphatic heterocycles. The predicted octanol–water partition coefficient (Wildman–Crippen LogP) is 4.82. The molecule has 1 fully saturated rings. The van der Waals surface area contributed by atoms with E-state index < -0.39 is 0 Å². The first-order chi connectivity index (χ1) is 7.74. The van der Waals surface area contributed by atoms with Crippen LogP contribution in [-0.4, -0.2) is 11.6 Å². The molecule has 1 aliphatic carbocycles. The van der Waals surface area contributed by atoms with Crippen LogP contribution in [0.1, 0.15) is 26.2 Å². The van der Waals surface area contributed by atoms with Gasteiger partial charge in [-0.15, -0.1) is 23.4 Å². The summed E-state index contributed by atoms with van der Waals surface area (Å²) in [5.74, 6) is 2.89. The molecule has 1 aliphatic rings. The highest BCUT2D eigenvalue weighted by molar-refractivity contribution is 7.99. The first-order valence-electron chi connectivity index (χ1n) is 5.98. The van der Waals surface area contributed by atoms with E-state index in [1.54, 1.807) is 0 Å². The number of benzene rings is 1. The van der Waals surface area contributed by atoms with Crippen LogP contribution in [0.3, 0.4) is 0 Å². The van der Waals surface area contributed by atoms with Crippen molar-refractivity contribution in [2.45, 2.75) is 31.1 Å². The first kappa shape index (κ1) is 12.3. The van der Waals surface area contributed by atoms with Gasteiger partial charge in [0.1, 0.15) is 0 Å². The molecular weight excluding hydrogens is 236 g/mol. The van der Waals surface area contributed by atoms with Crippen LogP contribution in [0.15, 0.2) is 35.2 Å². The van der Waals surface area contributed by atoms with E-state index in [-0.39, 0.29) is 0 Å². The Labute approximate surface area is 108 Å². The van der Waals surface area contributed by atoms with Crippen molar-refractivity contribution in [3.63, 3.8) is 0 Å². The van der Waals surface area contributed by atoms with Gasteiger partial charge in [0, 0.05) is 10.8 Å². The van der Waals surface area contributed by atoms with E-state index in [1.165, 1.54) is 29.9 Å². The Kier molecular flexibility index (Phi) is 4.21. The highest BCUT2D eigenvalue weighted by atomic mass is 35.5. The standard InChI is InChI=1S/C14H19ClS/c1-14(11-15,12-7-8-12)9-10-16-13-5-3-2-4-6-13/h2-6,12H,7-11H2,1H3. The largest absolute Gasteiger partial charge is 0.126 e. The third-order valence-electron chi connectivity index (χ3n) is 3.55. The minimum Gasteiger partial charge on any atom is -0.126 e. The van der Waals surface area contributed by atoms with Crippen molar-refractivity contribution in [1.82, 2.24) is 0 Å². The highest BCUT2D eigenvalue weighted by Gasteiger charge is 2.40. The molecule has 1 aromatic rings. The Balaban J connectivity index is 1.79. The predicted molar refractivity (Wildman–Crippen MR) is 73.3 cm³/mol. The third kappa shape index (κ3) is 3.18. The molecule has 2 rings (SSSR count). The summed E-state index contributed by atoms with van der Waals surface area (Å²) in [4.78, 5) is 1.37. The van der Waals surface area contributed by atoms with E-state index in [1.807, 2.05) is 11.8 Å². The molecule has 1 atom stereocenters. The van der Waals surface area contributed by atoms with Crippen molar-refractivity contribution in [2.75, 3.05) is 11.6 Å². The van der Waals surface area contributed by atoms with Crippen molar-refractivity contribution >= 4 is 23.4 Å². The molecule has 0 radical (unpaired) electrons. The van der Waals surface area contributed by atoms with E-state index in [0.29, 0.717) is 5.41 Å². The Bertz CT molecular complexity index is 321. The maximum Gasteiger partial charge on any atom is 0.0280 e. The van der Waals surface area contributed by atoms with Gasteiger partial charge in [0.25, 0.3) is 0 Å². The number of rotatable bonds is 6. The zero-order chi connectivity index (χ0) is 11.4. The van der Waals surface area contributed by atoms with Crippen LogP contribution in [-0.2, 0) is 0 Å². The van der Waals surface area contributed by atoms with E-state index in [0.717, 1.165) is 11.8 Å². The second-order valence-corrected chi connectivity index (χ2v) is 6.41. The molecule has 88 valence electrons. The minimum atomic E-state index is 0.378. The molecule has 0 saturated heterocycles. The van der Waals surface area contributed by atoms with Gasteiger partial charge in [0.05, 0.1) is 0 Å². The van der Waals surface area contributed by atoms with E-state index >= 15 is 0 Å². The second-order valence-electron chi connectivity index (χ2n) is 4.97. The summed E-state index contributed by atoms with van der Waals surface area (Å²) in [6.07, 6.45) is 4.01. The van der Waals surface area contributed by atoms with Crippen molar-refractivity contribution in [3.8, 4) is 0 Å². The first-order valence-corrected chi connectivity index (χ1v) is 7.50. The molecule has 1 saturated carbocycles. The van der Waals surface area contributed by atoms with Gasteiger partial charge >= 0.3 is 0 Å². The van der Waals surface area contributed by atoms with Crippen LogP contribution in [0.4, 0.5) is 0 Å². The van der Waals surface area contributed by atoms with E-state index in [2.05, 4.69) is 37.3 Å². The summed E-state index contributed by atoms with van der Waals surface area (Å²) in [5, 5.41) is 0. The summed E-state index contributed by atoms with van der Waals surface area (Å²) in [7, 11) is 0. The number of hydrogen-bond donors (Lipinski definition) is 0. The Morgan fingerprint density at radius 2 is 2.00 bits per heavy atom. The van der Waals surface area contributed by atoms with Gasteiger partial charge in [-0.05, 0) is 48.5 Å². The minimum absolute atomic E-state index is 0.378. The molecule has 0 spiro atoms. The van der Waals surface area contributed by atoms with Gasteiger partial charge in [-0.2, -0.15) is 0 Å². The molecule has 0 aromatic heterocycles. The van der Waals surface area contributed by atoms with Crippen LogP contribution in [0, 0.1) is 11.3 Å². The van der Waals surface area contributed by atoms with Crippen LogP contribution in [0.2, 0.25) is 0 Å². The van der Waals surface area contributed by atoms with Crippen molar-refractivity contribution in [2.24, 2.45) is 11.3 Å². The third-order valence-corrected chi connectivity index (χ3v) is 5.18. The number of thioether (sulfide) groups is 1. The lowest BCUT2D eigenvalue weighted by Crippen LogP contribution is -2.22. The maximum atomic E-state index is 6.12. The molecule has 16 heavy (non-hydrogen) atoms. The Morgan fingerprint density at radius 1 is 1.31 bits per heavy atom. The van der Waals surface area contributed by atoms with Crippen LogP contribution in [0.5, 0.6) is 0 Å². The maximum absolute atomic E-state index is 6.12. The monoisotopic (exact) mass is 254 g/mol. The topological polar surface area (TPSA) is 0 Å². The lowest BCUT2D eigenvalue weighted by atomic mass is 9.84. The van der Waals surface area contributed by atoms with Gasteiger partial charge in [-0.25, -0.2) is 0 Å². The van der Waals surface area contributed by atoms with Gasteiger partial charge in [-0.3, -0.25) is 0 Å². The average Bonchev–Trinajstić information content (AvgIpc) is 3.14. The molecule has 2 heteroatoms. The molecule has 1 unspecified atom stereocenters. The lowest BCUT2D eigenvalue weighted by Gasteiger charge is -2.26. The summed E-state index contributed by atoms with van der Waals surface area (Å²) in [5.41, 5.74) is 0.378. The van der Waals surface area contributed by atoms with E-state index in [4.69, 9.17) is 11.6 Å². The Morgan fingerprint density at radius 3 is 2.56 bits per heavy atom. The number of halogens is 1. The molecule has 0 N–H and O–H groups in total. The van der Waals surface area contributed by atoms with Gasteiger partial charge in [0.2, 0.25) is 0 Å². The fourth-order valence-electron chi connectivity index (χ4n) is 2.08. The van der Waals surface area contributed by atoms with Gasteiger partial charge < -0.3 is 0 Å². The smallest absolute Gasteiger partial charge is 0.0280 e. The quantitative estimate of drug-likeness (QED) is 0.518. The number of alkyl halides is 1. The van der Waals surface area contributed by atoms with Crippen molar-refractivity contribution in [1.29, 1.82) is 0 Å². The lowest BCUT2D eigenvalue weighted by molar-refractivity contribution is 0.306. The molecule has 1 aromatic carbocycles. The Hall–Kier alpha value is -0.140. The number of hydrogen-bond acceptors (Lipinski definition) is 1. The zero-order valence-corrected chi connectivity index (χ0v) is 11.4. The fraction of sp³-hybridized carbons (Fsp3) is 0.571. The van der Waals surface area contributed by atoms with Crippen molar-refractivity contribution in [3.05, 3.63) is 30.3 Å². The van der Waals surface area contributed by atoms with Gasteiger partial charge in [-0.1, -0.05) is 25.1 Å². The molecular formula is C14H19ClS. The van der Waals surface area contributed by atoms with Gasteiger partial charge in [0.15, 0.2) is 0 Å². The van der Waals surface area contributed by atoms with E-state index in [9.17, 15) is 0 Å². The highest BCUT2D eigenvalue weighted by Crippen LogP contribution is 2.48. The summed E-state index contributed by atoms with van der Waals surface area (Å²) < 4.78 is 0. The summed E-state index contributed by atoms with van der Waals surface area (Å²) in [6, 6.07) is 10.6. The summed E-state index contributed by atoms with van der Waals surface area (Å²) in [6.45, 7) is 2.35. The average molecular weight is 255 g/mol. The molecule has 0 amide bonds. The summed E-state index contributed by atoms with van der Waals surface area (Å²) >= 11 is 8.07. The van der Waals surface area contributed by atoms with Crippen LogP contribution in [0.25, 0.3) is 0 Å². The van der Waals surface area contributed by atoms with Crippen LogP contribution < -0.4 is 0 Å². The van der Waals surface area contributed by atoms with Crippen LogP contribution >= 0.6 is 23.4 Å². The molecule has 0 heterocycles. The zero-order valence-electron chi connectivity index (χ0n) is 9.79.